The van der Waals surface area contributed by atoms with Gasteiger partial charge in [-0.15, -0.1) is 0 Å². The zero-order valence-corrected chi connectivity index (χ0v) is 17.5. The maximum Gasteiger partial charge on any atom is 0.420 e. The number of furan rings is 1. The largest absolute Gasteiger partial charge is 0.478 e. The van der Waals surface area contributed by atoms with E-state index in [0.717, 1.165) is 11.6 Å². The van der Waals surface area contributed by atoms with Crippen LogP contribution in [-0.4, -0.2) is 22.0 Å². The van der Waals surface area contributed by atoms with Crippen LogP contribution in [0.3, 0.4) is 0 Å². The van der Waals surface area contributed by atoms with Gasteiger partial charge in [0.2, 0.25) is 5.91 Å². The Hall–Kier alpha value is -4.40. The normalized spacial score (nSPS) is 11.7. The van der Waals surface area contributed by atoms with Gasteiger partial charge in [0.05, 0.1) is 17.7 Å². The maximum absolute atomic E-state index is 13.7. The average Bonchev–Trinajstić information content (AvgIpc) is 3.23. The van der Waals surface area contributed by atoms with Gasteiger partial charge in [-0.25, -0.2) is 4.79 Å². The Balaban J connectivity index is 1.59. The Morgan fingerprint density at radius 3 is 2.47 bits per heavy atom. The molecule has 0 saturated carbocycles. The highest BCUT2D eigenvalue weighted by Gasteiger charge is 2.35. The summed E-state index contributed by atoms with van der Waals surface area (Å²) in [6, 6.07) is 12.9. The highest BCUT2D eigenvalue weighted by Crippen LogP contribution is 2.39. The number of rotatable bonds is 6. The zero-order chi connectivity index (χ0) is 24.3. The van der Waals surface area contributed by atoms with Crippen molar-refractivity contribution in [3.63, 3.8) is 0 Å². The summed E-state index contributed by atoms with van der Waals surface area (Å²) in [5, 5.41) is 11.8. The fourth-order valence-electron chi connectivity index (χ4n) is 3.36. The molecule has 34 heavy (non-hydrogen) atoms. The summed E-state index contributed by atoms with van der Waals surface area (Å²) < 4.78 is 46.7. The van der Waals surface area contributed by atoms with Crippen LogP contribution in [0, 0.1) is 0 Å². The summed E-state index contributed by atoms with van der Waals surface area (Å²) in [6.45, 7) is -0.106. The molecule has 2 heterocycles. The molecule has 0 aliphatic rings. The number of carboxylic acid groups (broad SMARTS) is 1. The SMILES string of the molecule is O=C(/C=C/c1cccnc1)NCc1cc2cc(-c3ccc(C(=O)O)cc3)cc(C(F)(F)F)c2o1. The number of nitrogens with zero attached hydrogens (tertiary/aromatic N) is 1. The third-order valence-corrected chi connectivity index (χ3v) is 4.99. The average molecular weight is 466 g/mol. The molecule has 1 amide bonds. The van der Waals surface area contributed by atoms with Gasteiger partial charge >= 0.3 is 12.1 Å². The van der Waals surface area contributed by atoms with Gasteiger partial charge in [0.25, 0.3) is 0 Å². The molecule has 0 unspecified atom stereocenters. The molecule has 9 heteroatoms. The molecule has 172 valence electrons. The number of aromatic carboxylic acids is 1. The summed E-state index contributed by atoms with van der Waals surface area (Å²) in [4.78, 5) is 27.0. The monoisotopic (exact) mass is 466 g/mol. The number of hydrogen-bond donors (Lipinski definition) is 2. The Kier molecular flexibility index (Phi) is 6.18. The topological polar surface area (TPSA) is 92.4 Å². The van der Waals surface area contributed by atoms with Crippen LogP contribution in [0.2, 0.25) is 0 Å². The summed E-state index contributed by atoms with van der Waals surface area (Å²) in [5.74, 6) is -1.42. The van der Waals surface area contributed by atoms with Crippen molar-refractivity contribution in [2.75, 3.05) is 0 Å². The van der Waals surface area contributed by atoms with Crippen LogP contribution >= 0.6 is 0 Å². The van der Waals surface area contributed by atoms with E-state index in [1.807, 2.05) is 0 Å². The second-order valence-corrected chi connectivity index (χ2v) is 7.37. The van der Waals surface area contributed by atoms with Crippen molar-refractivity contribution < 1.29 is 32.3 Å². The summed E-state index contributed by atoms with van der Waals surface area (Å²) in [5.41, 5.74) is 0.131. The van der Waals surface area contributed by atoms with E-state index >= 15 is 0 Å². The molecule has 0 saturated heterocycles. The molecule has 2 aromatic carbocycles. The predicted octanol–water partition coefficient (Wildman–Crippen LogP) is 5.54. The first-order chi connectivity index (χ1) is 16.2. The highest BCUT2D eigenvalue weighted by atomic mass is 19.4. The number of benzene rings is 2. The molecule has 0 bridgehead atoms. The van der Waals surface area contributed by atoms with Crippen LogP contribution in [0.5, 0.6) is 0 Å². The summed E-state index contributed by atoms with van der Waals surface area (Å²) in [7, 11) is 0. The van der Waals surface area contributed by atoms with Crippen LogP contribution in [0.4, 0.5) is 13.2 Å². The summed E-state index contributed by atoms with van der Waals surface area (Å²) >= 11 is 0. The predicted molar refractivity (Wildman–Crippen MR) is 119 cm³/mol. The number of pyridine rings is 1. The standard InChI is InChI=1S/C25H17F3N2O4/c26-25(27,28)21-12-18(16-4-6-17(7-5-16)24(32)33)10-19-11-20(34-23(19)21)14-30-22(31)8-3-15-2-1-9-29-13-15/h1-13H,14H2,(H,30,31)(H,32,33)/b8-3+. The minimum Gasteiger partial charge on any atom is -0.478 e. The van der Waals surface area contributed by atoms with E-state index in [4.69, 9.17) is 9.52 Å². The number of nitrogens with one attached hydrogen (secondary N) is 1. The van der Waals surface area contributed by atoms with Crippen molar-refractivity contribution in [1.82, 2.24) is 10.3 Å². The lowest BCUT2D eigenvalue weighted by atomic mass is 9.99. The Bertz CT molecular complexity index is 1380. The third kappa shape index (κ3) is 5.15. The van der Waals surface area contributed by atoms with Crippen molar-refractivity contribution in [2.24, 2.45) is 0 Å². The Morgan fingerprint density at radius 2 is 1.82 bits per heavy atom. The van der Waals surface area contributed by atoms with Crippen LogP contribution in [0.1, 0.15) is 27.2 Å². The second kappa shape index (κ2) is 9.22. The van der Waals surface area contributed by atoms with Crippen LogP contribution in [0.15, 0.2) is 77.5 Å². The van der Waals surface area contributed by atoms with Crippen LogP contribution in [-0.2, 0) is 17.5 Å². The van der Waals surface area contributed by atoms with Crippen molar-refractivity contribution in [3.05, 3.63) is 95.5 Å². The van der Waals surface area contributed by atoms with Gasteiger partial charge in [-0.2, -0.15) is 13.2 Å². The number of amides is 1. The van der Waals surface area contributed by atoms with Gasteiger partial charge in [-0.1, -0.05) is 18.2 Å². The van der Waals surface area contributed by atoms with Gasteiger partial charge in [0, 0.05) is 23.9 Å². The fourth-order valence-corrected chi connectivity index (χ4v) is 3.36. The van der Waals surface area contributed by atoms with Crippen molar-refractivity contribution in [2.45, 2.75) is 12.7 Å². The Labute approximate surface area is 191 Å². The van der Waals surface area contributed by atoms with Gasteiger partial charge in [0.1, 0.15) is 11.3 Å². The number of alkyl halides is 3. The first-order valence-electron chi connectivity index (χ1n) is 10.0. The van der Waals surface area contributed by atoms with E-state index in [0.29, 0.717) is 5.56 Å². The van der Waals surface area contributed by atoms with Crippen LogP contribution < -0.4 is 5.32 Å². The van der Waals surface area contributed by atoms with Crippen molar-refractivity contribution in [1.29, 1.82) is 0 Å². The van der Waals surface area contributed by atoms with Crippen molar-refractivity contribution in [3.8, 4) is 11.1 Å². The van der Waals surface area contributed by atoms with Gasteiger partial charge in [-0.3, -0.25) is 9.78 Å². The molecule has 0 radical (unpaired) electrons. The summed E-state index contributed by atoms with van der Waals surface area (Å²) in [6.07, 6.45) is 1.35. The minimum atomic E-state index is -4.68. The number of aromatic nitrogens is 1. The number of halogens is 3. The van der Waals surface area contributed by atoms with E-state index in [2.05, 4.69) is 10.3 Å². The molecule has 4 aromatic rings. The molecule has 2 aromatic heterocycles. The van der Waals surface area contributed by atoms with E-state index < -0.39 is 23.6 Å². The fraction of sp³-hybridized carbons (Fsp3) is 0.0800. The van der Waals surface area contributed by atoms with Gasteiger partial charge < -0.3 is 14.8 Å². The van der Waals surface area contributed by atoms with E-state index in [1.54, 1.807) is 30.6 Å². The molecule has 6 nitrogen and oxygen atoms in total. The minimum absolute atomic E-state index is 0.0276. The molecule has 0 aliphatic heterocycles. The molecule has 0 atom stereocenters. The van der Waals surface area contributed by atoms with E-state index in [9.17, 15) is 22.8 Å². The number of fused-ring (bicyclic) bond motifs is 1. The quantitative estimate of drug-likeness (QED) is 0.364. The van der Waals surface area contributed by atoms with E-state index in [-0.39, 0.29) is 34.4 Å². The molecule has 0 fully saturated rings. The lowest BCUT2D eigenvalue weighted by molar-refractivity contribution is -0.136. The lowest BCUT2D eigenvalue weighted by Crippen LogP contribution is -2.19. The lowest BCUT2D eigenvalue weighted by Gasteiger charge is -2.10. The number of carboxylic acids is 1. The van der Waals surface area contributed by atoms with Crippen molar-refractivity contribution >= 4 is 28.9 Å². The smallest absolute Gasteiger partial charge is 0.420 e. The molecular formula is C25H17F3N2O4. The highest BCUT2D eigenvalue weighted by molar-refractivity contribution is 5.92. The second-order valence-electron chi connectivity index (χ2n) is 7.37. The molecule has 0 spiro atoms. The molecular weight excluding hydrogens is 449 g/mol. The number of hydrogen-bond acceptors (Lipinski definition) is 4. The van der Waals surface area contributed by atoms with E-state index in [1.165, 1.54) is 42.5 Å². The zero-order valence-electron chi connectivity index (χ0n) is 17.5. The van der Waals surface area contributed by atoms with Crippen LogP contribution in [0.25, 0.3) is 28.2 Å². The molecule has 0 aliphatic carbocycles. The molecule has 2 N–H and O–H groups in total. The first-order valence-corrected chi connectivity index (χ1v) is 10.0. The first kappa shape index (κ1) is 22.8. The number of carbonyl (C=O) groups is 2. The number of carbonyl (C=O) groups excluding carboxylic acids is 1. The molecule has 4 rings (SSSR count). The Morgan fingerprint density at radius 1 is 1.06 bits per heavy atom. The third-order valence-electron chi connectivity index (χ3n) is 4.99. The maximum atomic E-state index is 13.7. The van der Waals surface area contributed by atoms with Gasteiger partial charge in [-0.05, 0) is 59.2 Å². The van der Waals surface area contributed by atoms with Gasteiger partial charge in [0.15, 0.2) is 0 Å².